The first-order valence-electron chi connectivity index (χ1n) is 24.8. The standard InChI is InChI=1S/C60H65BN2S2/c1-55(2,3)35-13-19-42(20-14-35)62-46-29-39(59-31-34-25-40-26-41(33-59)60(40,59)32-34)30-47-50(46)61(53-51(62)44-27-37(57(7,8)9)17-23-48(44)64-53)54-52(45-28-38(58(10,11)12)18-24-49(45)65-54)63(47)43-21-15-36(16-22-43)56(4,5)6/h13-24,27-30,34,40-41H,25-26,31-33H2,1-12H3/t34?,40?,41?,59?,60-/m1/s1. The Labute approximate surface area is 396 Å². The molecule has 2 nitrogen and oxygen atoms in total. The van der Waals surface area contributed by atoms with Gasteiger partial charge in [-0.3, -0.25) is 0 Å². The lowest BCUT2D eigenvalue weighted by Crippen LogP contribution is -2.69. The molecular formula is C60H65BN2S2. The summed E-state index contributed by atoms with van der Waals surface area (Å²) in [4.78, 5) is 5.53. The van der Waals surface area contributed by atoms with Gasteiger partial charge in [-0.05, 0) is 171 Å². The molecule has 4 unspecified atom stereocenters. The van der Waals surface area contributed by atoms with E-state index in [4.69, 9.17) is 0 Å². The van der Waals surface area contributed by atoms with E-state index in [1.807, 2.05) is 22.7 Å². The van der Waals surface area contributed by atoms with Crippen LogP contribution >= 0.6 is 22.7 Å². The Morgan fingerprint density at radius 2 is 0.938 bits per heavy atom. The highest BCUT2D eigenvalue weighted by Crippen LogP contribution is 2.86. The summed E-state index contributed by atoms with van der Waals surface area (Å²) in [6.07, 6.45) is 7.13. The van der Waals surface area contributed by atoms with Gasteiger partial charge >= 0.3 is 0 Å². The lowest BCUT2D eigenvalue weighted by atomic mass is 9.30. The van der Waals surface area contributed by atoms with Gasteiger partial charge in [0.1, 0.15) is 0 Å². The highest BCUT2D eigenvalue weighted by molar-refractivity contribution is 7.40. The zero-order chi connectivity index (χ0) is 45.1. The Hall–Kier alpha value is -4.32. The summed E-state index contributed by atoms with van der Waals surface area (Å²) in [5, 5.41) is 2.79. The third-order valence-electron chi connectivity index (χ3n) is 17.9. The molecule has 2 bridgehead atoms. The van der Waals surface area contributed by atoms with Gasteiger partial charge in [0.2, 0.25) is 0 Å². The van der Waals surface area contributed by atoms with E-state index in [0.717, 1.165) is 17.8 Å². The van der Waals surface area contributed by atoms with Crippen LogP contribution in [0.3, 0.4) is 0 Å². The van der Waals surface area contributed by atoms with Gasteiger partial charge in [-0.25, -0.2) is 0 Å². The van der Waals surface area contributed by atoms with Crippen LogP contribution in [0.1, 0.15) is 143 Å². The van der Waals surface area contributed by atoms with Crippen LogP contribution in [0.4, 0.5) is 34.1 Å². The van der Waals surface area contributed by atoms with Crippen LogP contribution in [0, 0.1) is 23.2 Å². The third-order valence-corrected chi connectivity index (χ3v) is 20.4. The van der Waals surface area contributed by atoms with E-state index in [1.165, 1.54) is 124 Å². The van der Waals surface area contributed by atoms with Crippen LogP contribution in [0.2, 0.25) is 0 Å². The zero-order valence-corrected chi connectivity index (χ0v) is 42.4. The topological polar surface area (TPSA) is 6.48 Å². The van der Waals surface area contributed by atoms with Crippen LogP contribution < -0.4 is 24.8 Å². The van der Waals surface area contributed by atoms with Gasteiger partial charge in [-0.1, -0.05) is 119 Å². The molecule has 2 aliphatic heterocycles. The first-order chi connectivity index (χ1) is 30.7. The van der Waals surface area contributed by atoms with Gasteiger partial charge < -0.3 is 9.80 Å². The molecule has 0 amide bonds. The van der Waals surface area contributed by atoms with Crippen molar-refractivity contribution in [3.8, 4) is 0 Å². The van der Waals surface area contributed by atoms with E-state index in [2.05, 4.69) is 190 Å². The van der Waals surface area contributed by atoms with Gasteiger partial charge in [0.25, 0.3) is 6.71 Å². The molecule has 0 radical (unpaired) electrons. The SMILES string of the molecule is CC(C)(C)c1ccc(N2c3cc(C45CC6CC7CC(C4)[C@@]75C6)cc4c3B(c3sc5ccc(C(C)(C)C)cc5c32)c2sc3ccc(C(C)(C)C)cc3c2N4c2ccc(C(C)(C)C)cc2)cc1. The number of hydrogen-bond acceptors (Lipinski definition) is 4. The Morgan fingerprint density at radius 3 is 1.35 bits per heavy atom. The number of anilines is 6. The van der Waals surface area contributed by atoms with Gasteiger partial charge in [0.05, 0.1) is 11.4 Å². The minimum Gasteiger partial charge on any atom is -0.310 e. The molecule has 4 saturated carbocycles. The van der Waals surface area contributed by atoms with Gasteiger partial charge in [0, 0.05) is 57.9 Å². The van der Waals surface area contributed by atoms with E-state index in [0.29, 0.717) is 5.41 Å². The number of rotatable bonds is 3. The van der Waals surface area contributed by atoms with Crippen molar-refractivity contribution in [1.29, 1.82) is 0 Å². The average Bonchev–Trinajstić information content (AvgIpc) is 3.98. The number of fused-ring (bicyclic) bond motifs is 9. The van der Waals surface area contributed by atoms with Crippen molar-refractivity contribution in [2.24, 2.45) is 23.2 Å². The van der Waals surface area contributed by atoms with Crippen LogP contribution in [-0.4, -0.2) is 6.71 Å². The predicted octanol–water partition coefficient (Wildman–Crippen LogP) is 15.5. The first-order valence-corrected chi connectivity index (χ1v) is 26.4. The predicted molar refractivity (Wildman–Crippen MR) is 284 cm³/mol. The molecule has 5 heteroatoms. The summed E-state index contributed by atoms with van der Waals surface area (Å²) in [5.41, 5.74) is 17.8. The smallest absolute Gasteiger partial charge is 0.277 e. The highest BCUT2D eigenvalue weighted by atomic mass is 32.1. The van der Waals surface area contributed by atoms with E-state index in [1.54, 1.807) is 5.56 Å². The van der Waals surface area contributed by atoms with Gasteiger partial charge in [-0.2, -0.15) is 0 Å². The van der Waals surface area contributed by atoms with Crippen molar-refractivity contribution < 1.29 is 0 Å². The van der Waals surface area contributed by atoms with Gasteiger partial charge in [0.15, 0.2) is 0 Å². The molecular weight excluding hydrogens is 824 g/mol. The second kappa shape index (κ2) is 12.8. The molecule has 65 heavy (non-hydrogen) atoms. The molecule has 0 saturated heterocycles. The number of nitrogens with zero attached hydrogens (tertiary/aromatic N) is 2. The van der Waals surface area contributed by atoms with E-state index < -0.39 is 0 Å². The molecule has 1 spiro atoms. The van der Waals surface area contributed by atoms with Crippen LogP contribution in [0.15, 0.2) is 97.1 Å². The fraction of sp³-hybridized carbons (Fsp3) is 0.433. The van der Waals surface area contributed by atoms with Crippen molar-refractivity contribution in [2.75, 3.05) is 9.80 Å². The largest absolute Gasteiger partial charge is 0.310 e. The van der Waals surface area contributed by atoms with E-state index in [9.17, 15) is 0 Å². The molecule has 5 aromatic carbocycles. The number of thiophene rings is 2. The van der Waals surface area contributed by atoms with Crippen LogP contribution in [0.5, 0.6) is 0 Å². The molecule has 6 aliphatic rings. The lowest BCUT2D eigenvalue weighted by Gasteiger charge is -2.73. The maximum atomic E-state index is 2.78. The Kier molecular flexibility index (Phi) is 8.06. The molecule has 7 aromatic rings. The molecule has 330 valence electrons. The summed E-state index contributed by atoms with van der Waals surface area (Å²) in [7, 11) is 0. The Morgan fingerprint density at radius 1 is 0.492 bits per heavy atom. The van der Waals surface area contributed by atoms with Crippen molar-refractivity contribution in [2.45, 2.75) is 142 Å². The number of benzene rings is 5. The lowest BCUT2D eigenvalue weighted by molar-refractivity contribution is -0.198. The second-order valence-corrected chi connectivity index (χ2v) is 27.8. The van der Waals surface area contributed by atoms with Crippen LogP contribution in [-0.2, 0) is 27.1 Å². The first kappa shape index (κ1) is 40.9. The summed E-state index contributed by atoms with van der Waals surface area (Å²) in [6, 6.07) is 39.8. The van der Waals surface area contributed by atoms with E-state index >= 15 is 0 Å². The Balaban J connectivity index is 1.16. The van der Waals surface area contributed by atoms with E-state index in [-0.39, 0.29) is 33.8 Å². The van der Waals surface area contributed by atoms with Gasteiger partial charge in [-0.15, -0.1) is 22.7 Å². The summed E-state index contributed by atoms with van der Waals surface area (Å²) < 4.78 is 5.74. The minimum absolute atomic E-state index is 0.0345. The minimum atomic E-state index is 0.0345. The summed E-state index contributed by atoms with van der Waals surface area (Å²) in [6.45, 7) is 28.4. The maximum absolute atomic E-state index is 2.78. The fourth-order valence-corrected chi connectivity index (χ4v) is 17.3. The third kappa shape index (κ3) is 5.41. The molecule has 4 fully saturated rings. The second-order valence-electron chi connectivity index (χ2n) is 25.6. The molecule has 2 aromatic heterocycles. The van der Waals surface area contributed by atoms with Crippen molar-refractivity contribution in [3.05, 3.63) is 125 Å². The molecule has 0 N–H and O–H groups in total. The molecule has 4 heterocycles. The zero-order valence-electron chi connectivity index (χ0n) is 40.8. The van der Waals surface area contributed by atoms with Crippen molar-refractivity contribution in [3.63, 3.8) is 0 Å². The highest BCUT2D eigenvalue weighted by Gasteiger charge is 2.80. The maximum Gasteiger partial charge on any atom is 0.277 e. The summed E-state index contributed by atoms with van der Waals surface area (Å²) >= 11 is 4.10. The molecule has 4 aliphatic carbocycles. The van der Waals surface area contributed by atoms with Crippen molar-refractivity contribution in [1.82, 2.24) is 0 Å². The monoisotopic (exact) mass is 888 g/mol. The molecule has 5 atom stereocenters. The quantitative estimate of drug-likeness (QED) is 0.163. The molecule has 13 rings (SSSR count). The normalized spacial score (nSPS) is 25.1. The average molecular weight is 889 g/mol. The Bertz CT molecular complexity index is 2980. The summed E-state index contributed by atoms with van der Waals surface area (Å²) in [5.74, 6) is 2.70. The van der Waals surface area contributed by atoms with Crippen molar-refractivity contribution >= 4 is 98.7 Å². The fourth-order valence-electron chi connectivity index (χ4n) is 14.6. The van der Waals surface area contributed by atoms with Crippen LogP contribution in [0.25, 0.3) is 20.2 Å². The number of hydrogen-bond donors (Lipinski definition) is 0.